The zero-order valence-electron chi connectivity index (χ0n) is 8.52. The summed E-state index contributed by atoms with van der Waals surface area (Å²) in [6, 6.07) is 9.88. The van der Waals surface area contributed by atoms with E-state index in [9.17, 15) is 4.79 Å². The van der Waals surface area contributed by atoms with E-state index in [2.05, 4.69) is 0 Å². The van der Waals surface area contributed by atoms with Crippen LogP contribution in [0.25, 0.3) is 5.69 Å². The van der Waals surface area contributed by atoms with E-state index in [1.54, 1.807) is 30.5 Å². The molecule has 3 nitrogen and oxygen atoms in total. The summed E-state index contributed by atoms with van der Waals surface area (Å²) in [5.41, 5.74) is 0.101. The van der Waals surface area contributed by atoms with Crippen molar-refractivity contribution in [2.45, 2.75) is 0 Å². The van der Waals surface area contributed by atoms with Gasteiger partial charge in [0.25, 0.3) is 5.56 Å². The standard InChI is InChI=1S/C12H6Cl2N2O/c13-9-4-1-5-10(11(9)14)16-6-2-3-8(7-15)12(16)17/h1-6H. The summed E-state index contributed by atoms with van der Waals surface area (Å²) in [5, 5.41) is 9.43. The molecule has 0 radical (unpaired) electrons. The van der Waals surface area contributed by atoms with E-state index in [0.29, 0.717) is 10.7 Å². The van der Waals surface area contributed by atoms with Gasteiger partial charge in [0, 0.05) is 6.20 Å². The Morgan fingerprint density at radius 1 is 1.18 bits per heavy atom. The lowest BCUT2D eigenvalue weighted by Gasteiger charge is -2.08. The Kier molecular flexibility index (Phi) is 3.19. The fourth-order valence-electron chi connectivity index (χ4n) is 1.45. The van der Waals surface area contributed by atoms with Gasteiger partial charge >= 0.3 is 0 Å². The Balaban J connectivity index is 2.75. The van der Waals surface area contributed by atoms with Gasteiger partial charge in [-0.05, 0) is 24.3 Å². The second kappa shape index (κ2) is 4.62. The van der Waals surface area contributed by atoms with Crippen LogP contribution in [0.2, 0.25) is 10.0 Å². The number of benzene rings is 1. The number of hydrogen-bond donors (Lipinski definition) is 0. The van der Waals surface area contributed by atoms with Crippen molar-refractivity contribution in [3.63, 3.8) is 0 Å². The van der Waals surface area contributed by atoms with E-state index in [0.717, 1.165) is 0 Å². The van der Waals surface area contributed by atoms with Crippen molar-refractivity contribution in [1.82, 2.24) is 4.57 Å². The normalized spacial score (nSPS) is 9.94. The molecule has 1 heterocycles. The van der Waals surface area contributed by atoms with E-state index >= 15 is 0 Å². The lowest BCUT2D eigenvalue weighted by molar-refractivity contribution is 0.982. The minimum Gasteiger partial charge on any atom is -0.282 e. The monoisotopic (exact) mass is 264 g/mol. The predicted octanol–water partition coefficient (Wildman–Crippen LogP) is 3.02. The molecular formula is C12H6Cl2N2O. The molecule has 0 N–H and O–H groups in total. The SMILES string of the molecule is N#Cc1cccn(-c2cccc(Cl)c2Cl)c1=O. The largest absolute Gasteiger partial charge is 0.282 e. The third-order valence-corrected chi connectivity index (χ3v) is 3.07. The van der Waals surface area contributed by atoms with Gasteiger partial charge in [0.2, 0.25) is 0 Å². The molecule has 0 saturated carbocycles. The summed E-state index contributed by atoms with van der Waals surface area (Å²) in [6.07, 6.45) is 1.54. The van der Waals surface area contributed by atoms with E-state index < -0.39 is 5.56 Å². The maximum absolute atomic E-state index is 11.9. The van der Waals surface area contributed by atoms with Crippen molar-refractivity contribution in [1.29, 1.82) is 5.26 Å². The smallest absolute Gasteiger partial charge is 0.273 e. The van der Waals surface area contributed by atoms with Crippen molar-refractivity contribution in [2.24, 2.45) is 0 Å². The molecule has 17 heavy (non-hydrogen) atoms. The highest BCUT2D eigenvalue weighted by Crippen LogP contribution is 2.27. The van der Waals surface area contributed by atoms with E-state index in [-0.39, 0.29) is 10.6 Å². The van der Waals surface area contributed by atoms with Crippen LogP contribution in [0.3, 0.4) is 0 Å². The Morgan fingerprint density at radius 3 is 2.65 bits per heavy atom. The van der Waals surface area contributed by atoms with Crippen LogP contribution < -0.4 is 5.56 Å². The van der Waals surface area contributed by atoms with Gasteiger partial charge in [0.05, 0.1) is 15.7 Å². The average molecular weight is 265 g/mol. The highest BCUT2D eigenvalue weighted by atomic mass is 35.5. The van der Waals surface area contributed by atoms with Gasteiger partial charge in [-0.2, -0.15) is 5.26 Å². The van der Waals surface area contributed by atoms with Crippen molar-refractivity contribution in [3.05, 3.63) is 62.5 Å². The average Bonchev–Trinajstić information content (AvgIpc) is 2.33. The lowest BCUT2D eigenvalue weighted by atomic mass is 10.2. The van der Waals surface area contributed by atoms with Crippen molar-refractivity contribution in [3.8, 4) is 11.8 Å². The lowest BCUT2D eigenvalue weighted by Crippen LogP contribution is -2.20. The molecule has 1 aromatic carbocycles. The minimum absolute atomic E-state index is 0.0588. The molecule has 2 rings (SSSR count). The number of nitrogens with zero attached hydrogens (tertiary/aromatic N) is 2. The van der Waals surface area contributed by atoms with Crippen molar-refractivity contribution in [2.75, 3.05) is 0 Å². The molecule has 0 saturated heterocycles. The van der Waals surface area contributed by atoms with Crippen molar-refractivity contribution >= 4 is 23.2 Å². The van der Waals surface area contributed by atoms with Gasteiger partial charge in [-0.25, -0.2) is 0 Å². The number of halogens is 2. The Bertz CT molecular complexity index is 671. The minimum atomic E-state index is -0.417. The summed E-state index contributed by atoms with van der Waals surface area (Å²) >= 11 is 11.9. The van der Waals surface area contributed by atoms with E-state index in [1.807, 2.05) is 6.07 Å². The number of pyridine rings is 1. The van der Waals surface area contributed by atoms with E-state index in [1.165, 1.54) is 10.6 Å². The fraction of sp³-hybridized carbons (Fsp3) is 0. The van der Waals surface area contributed by atoms with Crippen LogP contribution in [0.1, 0.15) is 5.56 Å². The molecule has 84 valence electrons. The second-order valence-electron chi connectivity index (χ2n) is 3.28. The molecular weight excluding hydrogens is 259 g/mol. The topological polar surface area (TPSA) is 45.8 Å². The molecule has 0 aliphatic heterocycles. The number of rotatable bonds is 1. The van der Waals surface area contributed by atoms with Gasteiger partial charge in [0.1, 0.15) is 11.6 Å². The molecule has 1 aromatic heterocycles. The third-order valence-electron chi connectivity index (χ3n) is 2.26. The predicted molar refractivity (Wildman–Crippen MR) is 66.8 cm³/mol. The maximum atomic E-state index is 11.9. The molecule has 0 aliphatic rings. The van der Waals surface area contributed by atoms with Crippen LogP contribution in [0, 0.1) is 11.3 Å². The van der Waals surface area contributed by atoms with Crippen LogP contribution in [0.15, 0.2) is 41.3 Å². The number of hydrogen-bond acceptors (Lipinski definition) is 2. The van der Waals surface area contributed by atoms with Crippen molar-refractivity contribution < 1.29 is 0 Å². The molecule has 0 bridgehead atoms. The van der Waals surface area contributed by atoms with Gasteiger partial charge in [0.15, 0.2) is 0 Å². The second-order valence-corrected chi connectivity index (χ2v) is 4.07. The van der Waals surface area contributed by atoms with Gasteiger partial charge in [-0.15, -0.1) is 0 Å². The van der Waals surface area contributed by atoms with Crippen LogP contribution in [-0.2, 0) is 0 Å². The number of nitriles is 1. The third kappa shape index (κ3) is 2.05. The maximum Gasteiger partial charge on any atom is 0.273 e. The zero-order chi connectivity index (χ0) is 12.4. The summed E-state index contributed by atoms with van der Waals surface area (Å²) in [7, 11) is 0. The quantitative estimate of drug-likeness (QED) is 0.795. The first kappa shape index (κ1) is 11.7. The molecule has 0 unspecified atom stereocenters. The number of aromatic nitrogens is 1. The Hall–Kier alpha value is -1.76. The van der Waals surface area contributed by atoms with Gasteiger partial charge in [-0.1, -0.05) is 29.3 Å². The van der Waals surface area contributed by atoms with Crippen LogP contribution in [-0.4, -0.2) is 4.57 Å². The molecule has 0 fully saturated rings. The van der Waals surface area contributed by atoms with Gasteiger partial charge in [-0.3, -0.25) is 9.36 Å². The molecule has 0 aliphatic carbocycles. The summed E-state index contributed by atoms with van der Waals surface area (Å²) in [5.74, 6) is 0. The molecule has 5 heteroatoms. The van der Waals surface area contributed by atoms with Crippen LogP contribution in [0.5, 0.6) is 0 Å². The molecule has 2 aromatic rings. The first-order chi connectivity index (χ1) is 8.15. The van der Waals surface area contributed by atoms with E-state index in [4.69, 9.17) is 28.5 Å². The van der Waals surface area contributed by atoms with Crippen LogP contribution in [0.4, 0.5) is 0 Å². The molecule has 0 atom stereocenters. The summed E-state index contributed by atoms with van der Waals surface area (Å²) < 4.78 is 1.30. The first-order valence-electron chi connectivity index (χ1n) is 4.71. The summed E-state index contributed by atoms with van der Waals surface area (Å²) in [6.45, 7) is 0. The first-order valence-corrected chi connectivity index (χ1v) is 5.47. The molecule has 0 spiro atoms. The Morgan fingerprint density at radius 2 is 1.94 bits per heavy atom. The highest BCUT2D eigenvalue weighted by Gasteiger charge is 2.09. The fourth-order valence-corrected chi connectivity index (χ4v) is 1.83. The molecule has 0 amide bonds. The summed E-state index contributed by atoms with van der Waals surface area (Å²) in [4.78, 5) is 11.9. The Labute approximate surface area is 107 Å². The highest BCUT2D eigenvalue weighted by molar-refractivity contribution is 6.43. The zero-order valence-corrected chi connectivity index (χ0v) is 10.0. The van der Waals surface area contributed by atoms with Crippen LogP contribution >= 0.6 is 23.2 Å². The van der Waals surface area contributed by atoms with Gasteiger partial charge < -0.3 is 0 Å².